The Morgan fingerprint density at radius 3 is 1.97 bits per heavy atom. The Bertz CT molecular complexity index is 3460. The highest BCUT2D eigenvalue weighted by Gasteiger charge is 2.41. The van der Waals surface area contributed by atoms with Crippen LogP contribution in [0.5, 0.6) is 0 Å². The molecular weight excluding hydrogens is 733 g/mol. The minimum absolute atomic E-state index is 0.308. The van der Waals surface area contributed by atoms with Gasteiger partial charge in [-0.05, 0) is 86.3 Å². The van der Waals surface area contributed by atoms with E-state index in [9.17, 15) is 0 Å². The maximum atomic E-state index is 5.37. The summed E-state index contributed by atoms with van der Waals surface area (Å²) in [5.74, 6) is 0.709. The van der Waals surface area contributed by atoms with E-state index in [-0.39, 0.29) is 5.41 Å². The topological polar surface area (TPSA) is 25.8 Å². The fourth-order valence-corrected chi connectivity index (χ4v) is 11.0. The van der Waals surface area contributed by atoms with Crippen LogP contribution >= 0.6 is 11.3 Å². The van der Waals surface area contributed by atoms with Gasteiger partial charge in [-0.2, -0.15) is 0 Å². The number of nitrogens with zero attached hydrogens (tertiary/aromatic N) is 2. The second-order valence-corrected chi connectivity index (χ2v) is 16.8. The number of fused-ring (bicyclic) bond motifs is 10. The van der Waals surface area contributed by atoms with E-state index in [4.69, 9.17) is 9.97 Å². The largest absolute Gasteiger partial charge is 0.228 e. The van der Waals surface area contributed by atoms with Crippen molar-refractivity contribution in [1.82, 2.24) is 9.97 Å². The molecule has 11 aromatic rings. The number of hydrogen-bond donors (Lipinski definition) is 0. The van der Waals surface area contributed by atoms with Crippen LogP contribution in [0.2, 0.25) is 0 Å². The summed E-state index contributed by atoms with van der Waals surface area (Å²) in [5, 5.41) is 7.68. The van der Waals surface area contributed by atoms with E-state index in [2.05, 4.69) is 201 Å². The van der Waals surface area contributed by atoms with Crippen LogP contribution in [0, 0.1) is 0 Å². The fraction of sp³-hybridized carbons (Fsp3) is 0.0357. The van der Waals surface area contributed by atoms with Crippen LogP contribution in [0.1, 0.15) is 23.6 Å². The van der Waals surface area contributed by atoms with Crippen molar-refractivity contribution in [2.24, 2.45) is 0 Å². The second kappa shape index (κ2) is 13.2. The number of rotatable bonds is 5. The quantitative estimate of drug-likeness (QED) is 0.163. The van der Waals surface area contributed by atoms with Crippen LogP contribution in [0.15, 0.2) is 200 Å². The lowest BCUT2D eigenvalue weighted by atomic mass is 9.74. The van der Waals surface area contributed by atoms with Crippen LogP contribution < -0.4 is 0 Å². The minimum Gasteiger partial charge on any atom is -0.228 e. The third-order valence-corrected chi connectivity index (χ3v) is 13.8. The number of benzene rings is 9. The molecule has 0 fully saturated rings. The summed E-state index contributed by atoms with van der Waals surface area (Å²) in [7, 11) is 0. The SMILES string of the molecule is CC1(c2ccccc2)c2ccccc2-c2c(-c3cc(-c4cccc(-c5cc6c7ccccc7sc6c6ccc7ccccc7c56)c4)nc(-c4ccccc4)n3)cccc21. The summed E-state index contributed by atoms with van der Waals surface area (Å²) in [4.78, 5) is 10.7. The van der Waals surface area contributed by atoms with E-state index in [0.29, 0.717) is 5.82 Å². The first kappa shape index (κ1) is 33.9. The maximum absolute atomic E-state index is 5.37. The van der Waals surface area contributed by atoms with Crippen LogP contribution in [0.4, 0.5) is 0 Å². The first-order valence-electron chi connectivity index (χ1n) is 20.2. The van der Waals surface area contributed by atoms with Crippen molar-refractivity contribution >= 4 is 53.1 Å². The van der Waals surface area contributed by atoms with Gasteiger partial charge in [0.05, 0.1) is 11.4 Å². The van der Waals surface area contributed by atoms with E-state index in [1.54, 1.807) is 0 Å². The van der Waals surface area contributed by atoms with E-state index in [1.165, 1.54) is 75.1 Å². The molecule has 276 valence electrons. The Hall–Kier alpha value is -7.20. The summed E-state index contributed by atoms with van der Waals surface area (Å²) in [6.07, 6.45) is 0. The van der Waals surface area contributed by atoms with Crippen molar-refractivity contribution in [3.05, 3.63) is 217 Å². The molecule has 2 nitrogen and oxygen atoms in total. The van der Waals surface area contributed by atoms with Gasteiger partial charge in [0.1, 0.15) is 0 Å². The van der Waals surface area contributed by atoms with Gasteiger partial charge >= 0.3 is 0 Å². The zero-order valence-corrected chi connectivity index (χ0v) is 33.2. The van der Waals surface area contributed by atoms with Crippen molar-refractivity contribution < 1.29 is 0 Å². The van der Waals surface area contributed by atoms with Crippen molar-refractivity contribution in [1.29, 1.82) is 0 Å². The average Bonchev–Trinajstić information content (AvgIpc) is 3.82. The lowest BCUT2D eigenvalue weighted by molar-refractivity contribution is 0.714. The van der Waals surface area contributed by atoms with E-state index in [0.717, 1.165) is 33.6 Å². The molecule has 0 radical (unpaired) electrons. The van der Waals surface area contributed by atoms with Gasteiger partial charge < -0.3 is 0 Å². The zero-order valence-electron chi connectivity index (χ0n) is 32.4. The molecule has 0 spiro atoms. The van der Waals surface area contributed by atoms with E-state index < -0.39 is 0 Å². The van der Waals surface area contributed by atoms with Crippen molar-refractivity contribution in [3.8, 4) is 56.2 Å². The Morgan fingerprint density at radius 1 is 0.424 bits per heavy atom. The molecule has 12 rings (SSSR count). The molecule has 1 aliphatic rings. The molecule has 0 N–H and O–H groups in total. The standard InChI is InChI=1S/C56H36N2S/c1-56(39-21-6-3-7-22-39)47-27-12-10-25-42(47)53-43(26-15-28-48(53)56)50-34-49(57-55(58-50)36-17-4-2-5-18-36)38-20-14-19-37(32-38)45-33-46-41-24-11-13-29-51(41)59-54(46)44-31-30-35-16-8-9-23-40(35)52(44)45/h2-34H,1H3. The fourth-order valence-electron chi connectivity index (χ4n) is 9.74. The summed E-state index contributed by atoms with van der Waals surface area (Å²) in [6, 6.07) is 72.7. The molecule has 3 heteroatoms. The molecule has 1 atom stereocenters. The Balaban J connectivity index is 1.09. The molecule has 0 bridgehead atoms. The van der Waals surface area contributed by atoms with Crippen molar-refractivity contribution in [2.75, 3.05) is 0 Å². The van der Waals surface area contributed by atoms with Gasteiger partial charge in [-0.3, -0.25) is 0 Å². The zero-order chi connectivity index (χ0) is 39.1. The van der Waals surface area contributed by atoms with Crippen LogP contribution in [-0.4, -0.2) is 9.97 Å². The summed E-state index contributed by atoms with van der Waals surface area (Å²) in [5.41, 5.74) is 13.4. The van der Waals surface area contributed by atoms with Gasteiger partial charge in [0.25, 0.3) is 0 Å². The Labute approximate surface area is 346 Å². The smallest absolute Gasteiger partial charge is 0.160 e. The third-order valence-electron chi connectivity index (χ3n) is 12.6. The predicted octanol–water partition coefficient (Wildman–Crippen LogP) is 15.2. The molecule has 1 aliphatic carbocycles. The van der Waals surface area contributed by atoms with Crippen LogP contribution in [-0.2, 0) is 5.41 Å². The number of aromatic nitrogens is 2. The first-order valence-corrected chi connectivity index (χ1v) is 21.1. The highest BCUT2D eigenvalue weighted by Crippen LogP contribution is 2.55. The van der Waals surface area contributed by atoms with Gasteiger partial charge in [-0.15, -0.1) is 11.3 Å². The molecule has 2 aromatic heterocycles. The lowest BCUT2D eigenvalue weighted by Crippen LogP contribution is -2.22. The summed E-state index contributed by atoms with van der Waals surface area (Å²) >= 11 is 1.89. The second-order valence-electron chi connectivity index (χ2n) is 15.8. The Morgan fingerprint density at radius 2 is 1.08 bits per heavy atom. The molecule has 0 aliphatic heterocycles. The molecule has 59 heavy (non-hydrogen) atoms. The monoisotopic (exact) mass is 768 g/mol. The summed E-state index contributed by atoms with van der Waals surface area (Å²) in [6.45, 7) is 2.37. The average molecular weight is 769 g/mol. The predicted molar refractivity (Wildman–Crippen MR) is 249 cm³/mol. The van der Waals surface area contributed by atoms with Crippen LogP contribution in [0.25, 0.3) is 97.9 Å². The Kier molecular flexibility index (Phi) is 7.57. The highest BCUT2D eigenvalue weighted by molar-refractivity contribution is 7.26. The number of thiophene rings is 1. The molecule has 0 saturated heterocycles. The summed E-state index contributed by atoms with van der Waals surface area (Å²) < 4.78 is 2.64. The van der Waals surface area contributed by atoms with E-state index in [1.807, 2.05) is 17.4 Å². The first-order chi connectivity index (χ1) is 29.1. The maximum Gasteiger partial charge on any atom is 0.160 e. The molecule has 2 heterocycles. The van der Waals surface area contributed by atoms with Gasteiger partial charge in [-0.1, -0.05) is 176 Å². The molecule has 0 amide bonds. The van der Waals surface area contributed by atoms with Crippen LogP contribution in [0.3, 0.4) is 0 Å². The molecule has 0 saturated carbocycles. The number of hydrogen-bond acceptors (Lipinski definition) is 3. The normalized spacial score (nSPS) is 14.6. The van der Waals surface area contributed by atoms with Crippen molar-refractivity contribution in [3.63, 3.8) is 0 Å². The minimum atomic E-state index is -0.308. The van der Waals surface area contributed by atoms with Gasteiger partial charge in [-0.25, -0.2) is 9.97 Å². The highest BCUT2D eigenvalue weighted by atomic mass is 32.1. The molecule has 9 aromatic carbocycles. The van der Waals surface area contributed by atoms with E-state index >= 15 is 0 Å². The van der Waals surface area contributed by atoms with Crippen molar-refractivity contribution in [2.45, 2.75) is 12.3 Å². The van der Waals surface area contributed by atoms with Gasteiger partial charge in [0, 0.05) is 47.7 Å². The van der Waals surface area contributed by atoms with Gasteiger partial charge in [0.2, 0.25) is 0 Å². The van der Waals surface area contributed by atoms with Gasteiger partial charge in [0.15, 0.2) is 5.82 Å². The lowest BCUT2D eigenvalue weighted by Gasteiger charge is -2.28. The molecule has 1 unspecified atom stereocenters. The third kappa shape index (κ3) is 5.18. The molecular formula is C56H36N2S.